The predicted molar refractivity (Wildman–Crippen MR) is 58.9 cm³/mol. The molecule has 0 spiro atoms. The molecule has 0 amide bonds. The van der Waals surface area contributed by atoms with Gasteiger partial charge in [-0.05, 0) is 23.8 Å². The summed E-state index contributed by atoms with van der Waals surface area (Å²) < 4.78 is 17.9. The van der Waals surface area contributed by atoms with E-state index in [-0.39, 0.29) is 11.8 Å². The lowest BCUT2D eigenvalue weighted by molar-refractivity contribution is -0.142. The largest absolute Gasteiger partial charge is 0.467 e. The molecule has 1 N–H and O–H groups in total. The Morgan fingerprint density at radius 3 is 2.81 bits per heavy atom. The summed E-state index contributed by atoms with van der Waals surface area (Å²) in [5.74, 6) is -0.624. The van der Waals surface area contributed by atoms with E-state index in [0.717, 1.165) is 11.3 Å². The van der Waals surface area contributed by atoms with Gasteiger partial charge >= 0.3 is 5.97 Å². The van der Waals surface area contributed by atoms with Crippen molar-refractivity contribution in [1.29, 1.82) is 0 Å². The van der Waals surface area contributed by atoms with Crippen LogP contribution in [0.3, 0.4) is 0 Å². The van der Waals surface area contributed by atoms with Crippen molar-refractivity contribution in [1.82, 2.24) is 0 Å². The third-order valence-electron chi connectivity index (χ3n) is 3.13. The molecule has 3 nitrogen and oxygen atoms in total. The second-order valence-electron chi connectivity index (χ2n) is 4.51. The molecule has 0 aliphatic carbocycles. The summed E-state index contributed by atoms with van der Waals surface area (Å²) in [6.07, 6.45) is 0. The zero-order chi connectivity index (χ0) is 11.9. The third-order valence-corrected chi connectivity index (χ3v) is 3.13. The lowest BCUT2D eigenvalue weighted by Crippen LogP contribution is -2.41. The maximum Gasteiger partial charge on any atom is 0.329 e. The number of halogens is 1. The van der Waals surface area contributed by atoms with Crippen LogP contribution in [-0.4, -0.2) is 19.1 Å². The fourth-order valence-corrected chi connectivity index (χ4v) is 2.14. The van der Waals surface area contributed by atoms with Gasteiger partial charge in [-0.25, -0.2) is 9.18 Å². The lowest BCUT2D eigenvalue weighted by atomic mass is 9.80. The molecule has 1 aromatic rings. The van der Waals surface area contributed by atoms with Gasteiger partial charge in [-0.2, -0.15) is 0 Å². The first kappa shape index (κ1) is 10.9. The first-order valence-electron chi connectivity index (χ1n) is 5.11. The Morgan fingerprint density at radius 2 is 2.19 bits per heavy atom. The summed E-state index contributed by atoms with van der Waals surface area (Å²) in [7, 11) is 1.35. The molecule has 0 unspecified atom stereocenters. The zero-order valence-corrected chi connectivity index (χ0v) is 9.50. The van der Waals surface area contributed by atoms with Crippen LogP contribution in [0.2, 0.25) is 0 Å². The van der Waals surface area contributed by atoms with Crippen molar-refractivity contribution in [3.63, 3.8) is 0 Å². The molecule has 0 aromatic heterocycles. The smallest absolute Gasteiger partial charge is 0.329 e. The number of fused-ring (bicyclic) bond motifs is 1. The topological polar surface area (TPSA) is 38.3 Å². The van der Waals surface area contributed by atoms with Crippen LogP contribution >= 0.6 is 0 Å². The van der Waals surface area contributed by atoms with Gasteiger partial charge in [0.25, 0.3) is 0 Å². The van der Waals surface area contributed by atoms with Crippen molar-refractivity contribution in [2.75, 3.05) is 12.4 Å². The van der Waals surface area contributed by atoms with Crippen molar-refractivity contribution in [2.45, 2.75) is 25.3 Å². The van der Waals surface area contributed by atoms with Gasteiger partial charge in [0.05, 0.1) is 7.11 Å². The van der Waals surface area contributed by atoms with E-state index in [4.69, 9.17) is 4.74 Å². The third kappa shape index (κ3) is 1.45. The second kappa shape index (κ2) is 3.47. The number of methoxy groups -OCH3 is 1. The van der Waals surface area contributed by atoms with Crippen LogP contribution in [0.5, 0.6) is 0 Å². The summed E-state index contributed by atoms with van der Waals surface area (Å²) in [5.41, 5.74) is 1.13. The van der Waals surface area contributed by atoms with Crippen LogP contribution < -0.4 is 5.32 Å². The molecular weight excluding hydrogens is 209 g/mol. The minimum Gasteiger partial charge on any atom is -0.467 e. The first-order valence-corrected chi connectivity index (χ1v) is 5.11. The number of rotatable bonds is 1. The van der Waals surface area contributed by atoms with Gasteiger partial charge in [-0.1, -0.05) is 13.8 Å². The highest BCUT2D eigenvalue weighted by Crippen LogP contribution is 2.41. The van der Waals surface area contributed by atoms with Crippen molar-refractivity contribution < 1.29 is 13.9 Å². The minimum absolute atomic E-state index is 0.292. The molecule has 1 atom stereocenters. The molecular formula is C12H14FNO2. The number of esters is 1. The van der Waals surface area contributed by atoms with Gasteiger partial charge < -0.3 is 10.1 Å². The van der Waals surface area contributed by atoms with Crippen molar-refractivity contribution in [3.05, 3.63) is 29.6 Å². The van der Waals surface area contributed by atoms with Crippen LogP contribution in [0, 0.1) is 5.82 Å². The van der Waals surface area contributed by atoms with E-state index >= 15 is 0 Å². The van der Waals surface area contributed by atoms with E-state index in [0.29, 0.717) is 0 Å². The molecule has 0 radical (unpaired) electrons. The zero-order valence-electron chi connectivity index (χ0n) is 9.50. The number of nitrogens with one attached hydrogen (secondary N) is 1. The number of hydrogen-bond donors (Lipinski definition) is 1. The lowest BCUT2D eigenvalue weighted by Gasteiger charge is -2.25. The average molecular weight is 223 g/mol. The van der Waals surface area contributed by atoms with E-state index in [1.54, 1.807) is 6.07 Å². The fourth-order valence-electron chi connectivity index (χ4n) is 2.14. The molecule has 4 heteroatoms. The first-order chi connectivity index (χ1) is 7.46. The molecule has 0 saturated carbocycles. The monoisotopic (exact) mass is 223 g/mol. The summed E-state index contributed by atoms with van der Waals surface area (Å²) in [6.45, 7) is 3.79. The summed E-state index contributed by atoms with van der Waals surface area (Å²) in [5, 5.41) is 3.06. The van der Waals surface area contributed by atoms with Crippen LogP contribution in [-0.2, 0) is 14.9 Å². The molecule has 0 saturated heterocycles. The second-order valence-corrected chi connectivity index (χ2v) is 4.51. The number of hydrogen-bond acceptors (Lipinski definition) is 3. The highest BCUT2D eigenvalue weighted by Gasteiger charge is 2.44. The van der Waals surface area contributed by atoms with Gasteiger partial charge in [0.1, 0.15) is 11.9 Å². The Balaban J connectivity index is 2.46. The number of anilines is 1. The van der Waals surface area contributed by atoms with E-state index in [9.17, 15) is 9.18 Å². The maximum absolute atomic E-state index is 13.2. The van der Waals surface area contributed by atoms with Crippen molar-refractivity contribution in [3.8, 4) is 0 Å². The van der Waals surface area contributed by atoms with E-state index in [2.05, 4.69) is 5.32 Å². The normalized spacial score (nSPS) is 21.1. The van der Waals surface area contributed by atoms with Gasteiger partial charge in [-0.15, -0.1) is 0 Å². The summed E-state index contributed by atoms with van der Waals surface area (Å²) in [4.78, 5) is 11.6. The van der Waals surface area contributed by atoms with Crippen molar-refractivity contribution in [2.24, 2.45) is 0 Å². The molecule has 0 fully saturated rings. The molecule has 1 heterocycles. The van der Waals surface area contributed by atoms with E-state index < -0.39 is 11.5 Å². The fraction of sp³-hybridized carbons (Fsp3) is 0.417. The highest BCUT2D eigenvalue weighted by atomic mass is 19.1. The van der Waals surface area contributed by atoms with E-state index in [1.165, 1.54) is 19.2 Å². The van der Waals surface area contributed by atoms with Crippen LogP contribution in [0.25, 0.3) is 0 Å². The summed E-state index contributed by atoms with van der Waals surface area (Å²) in [6, 6.07) is 4.02. The van der Waals surface area contributed by atoms with Gasteiger partial charge in [0.15, 0.2) is 0 Å². The number of benzene rings is 1. The van der Waals surface area contributed by atoms with Gasteiger partial charge in [0, 0.05) is 11.1 Å². The molecule has 1 aliphatic rings. The predicted octanol–water partition coefficient (Wildman–Crippen LogP) is 2.07. The Hall–Kier alpha value is -1.58. The molecule has 1 aromatic carbocycles. The number of ether oxygens (including phenoxy) is 1. The highest BCUT2D eigenvalue weighted by molar-refractivity contribution is 5.85. The van der Waals surface area contributed by atoms with Gasteiger partial charge in [0.2, 0.25) is 0 Å². The maximum atomic E-state index is 13.2. The van der Waals surface area contributed by atoms with E-state index in [1.807, 2.05) is 13.8 Å². The quantitative estimate of drug-likeness (QED) is 0.741. The average Bonchev–Trinajstić information content (AvgIpc) is 2.50. The minimum atomic E-state index is -0.468. The molecule has 2 rings (SSSR count). The Kier molecular flexibility index (Phi) is 2.37. The van der Waals surface area contributed by atoms with Crippen LogP contribution in [0.1, 0.15) is 19.4 Å². The Labute approximate surface area is 93.6 Å². The van der Waals surface area contributed by atoms with Crippen LogP contribution in [0.4, 0.5) is 10.1 Å². The van der Waals surface area contributed by atoms with Crippen molar-refractivity contribution >= 4 is 11.7 Å². The van der Waals surface area contributed by atoms with Crippen LogP contribution in [0.15, 0.2) is 18.2 Å². The Bertz CT molecular complexity index is 443. The standard InChI is InChI=1S/C12H14FNO2/c1-12(2)8-6-7(13)4-5-9(8)14-10(12)11(15)16-3/h4-6,10,14H,1-3H3/t10-/m0/s1. The Morgan fingerprint density at radius 1 is 1.50 bits per heavy atom. The number of carbonyl (C=O) groups is 1. The molecule has 16 heavy (non-hydrogen) atoms. The molecule has 1 aliphatic heterocycles. The number of carbonyl (C=O) groups excluding carboxylic acids is 1. The molecule has 0 bridgehead atoms. The summed E-state index contributed by atoms with van der Waals surface area (Å²) >= 11 is 0. The van der Waals surface area contributed by atoms with Gasteiger partial charge in [-0.3, -0.25) is 0 Å². The SMILES string of the molecule is COC(=O)[C@@H]1Nc2ccc(F)cc2C1(C)C. The molecule has 86 valence electrons.